The van der Waals surface area contributed by atoms with E-state index in [0.717, 1.165) is 11.3 Å². The van der Waals surface area contributed by atoms with Crippen LogP contribution in [-0.2, 0) is 4.79 Å². The van der Waals surface area contributed by atoms with Crippen molar-refractivity contribution < 1.29 is 4.79 Å². The summed E-state index contributed by atoms with van der Waals surface area (Å²) >= 11 is 0. The van der Waals surface area contributed by atoms with Crippen molar-refractivity contribution in [1.29, 1.82) is 5.26 Å². The molecule has 2 rings (SSSR count). The summed E-state index contributed by atoms with van der Waals surface area (Å²) in [5, 5.41) is 14.8. The first-order valence-electron chi connectivity index (χ1n) is 6.73. The summed E-state index contributed by atoms with van der Waals surface area (Å²) in [5.41, 5.74) is 3.18. The molecule has 2 aromatic rings. The van der Waals surface area contributed by atoms with E-state index < -0.39 is 0 Å². The van der Waals surface area contributed by atoms with Gasteiger partial charge in [-0.25, -0.2) is 0 Å². The van der Waals surface area contributed by atoms with Crippen LogP contribution in [0.4, 0.5) is 11.4 Å². The number of nitrogens with zero attached hydrogens (tertiary/aromatic N) is 1. The molecule has 0 unspecified atom stereocenters. The van der Waals surface area contributed by atoms with Gasteiger partial charge in [0.2, 0.25) is 5.91 Å². The molecule has 0 heterocycles. The summed E-state index contributed by atoms with van der Waals surface area (Å²) in [6.07, 6.45) is 0. The Morgan fingerprint density at radius 3 is 2.57 bits per heavy atom. The zero-order valence-corrected chi connectivity index (χ0v) is 12.1. The Balaban J connectivity index is 2.01. The molecular formula is C17H17N3O. The van der Waals surface area contributed by atoms with Crippen molar-refractivity contribution in [2.45, 2.75) is 19.9 Å². The molecule has 0 aliphatic heterocycles. The minimum absolute atomic E-state index is 0.147. The second-order valence-corrected chi connectivity index (χ2v) is 4.92. The van der Waals surface area contributed by atoms with Gasteiger partial charge in [-0.3, -0.25) is 4.79 Å². The number of carbonyl (C=O) groups excluding carboxylic acids is 1. The Kier molecular flexibility index (Phi) is 4.57. The molecule has 0 saturated heterocycles. The lowest BCUT2D eigenvalue weighted by Gasteiger charge is -2.15. The lowest BCUT2D eigenvalue weighted by atomic mass is 10.2. The Labute approximate surface area is 124 Å². The standard InChI is InChI=1S/C17H17N3O/c1-12-5-3-7-15(9-12)19-13(2)17(21)20-16-8-4-6-14(10-16)11-18/h3-10,13,19H,1-2H3,(H,20,21)/t13-/m0/s1. The van der Waals surface area contributed by atoms with Crippen molar-refractivity contribution in [3.63, 3.8) is 0 Å². The van der Waals surface area contributed by atoms with E-state index in [-0.39, 0.29) is 11.9 Å². The smallest absolute Gasteiger partial charge is 0.246 e. The van der Waals surface area contributed by atoms with Crippen LogP contribution >= 0.6 is 0 Å². The van der Waals surface area contributed by atoms with Crippen LogP contribution in [-0.4, -0.2) is 11.9 Å². The first-order chi connectivity index (χ1) is 10.1. The van der Waals surface area contributed by atoms with Crippen molar-refractivity contribution >= 4 is 17.3 Å². The molecule has 0 saturated carbocycles. The van der Waals surface area contributed by atoms with Crippen LogP contribution in [0, 0.1) is 18.3 Å². The molecule has 4 heteroatoms. The van der Waals surface area contributed by atoms with Crippen LogP contribution in [0.2, 0.25) is 0 Å². The van der Waals surface area contributed by atoms with E-state index >= 15 is 0 Å². The number of carbonyl (C=O) groups is 1. The van der Waals surface area contributed by atoms with E-state index in [4.69, 9.17) is 5.26 Å². The van der Waals surface area contributed by atoms with Crippen LogP contribution in [0.5, 0.6) is 0 Å². The van der Waals surface area contributed by atoms with Crippen LogP contribution in [0.15, 0.2) is 48.5 Å². The average Bonchev–Trinajstić information content (AvgIpc) is 2.47. The van der Waals surface area contributed by atoms with Crippen molar-refractivity contribution in [2.24, 2.45) is 0 Å². The lowest BCUT2D eigenvalue weighted by Crippen LogP contribution is -2.31. The molecule has 0 spiro atoms. The van der Waals surface area contributed by atoms with E-state index in [1.807, 2.05) is 37.3 Å². The van der Waals surface area contributed by atoms with E-state index in [2.05, 4.69) is 10.6 Å². The number of aryl methyl sites for hydroxylation is 1. The quantitative estimate of drug-likeness (QED) is 0.902. The predicted molar refractivity (Wildman–Crippen MR) is 84.1 cm³/mol. The Morgan fingerprint density at radius 1 is 1.14 bits per heavy atom. The Hall–Kier alpha value is -2.80. The van der Waals surface area contributed by atoms with Crippen molar-refractivity contribution in [2.75, 3.05) is 10.6 Å². The summed E-state index contributed by atoms with van der Waals surface area (Å²) < 4.78 is 0. The average molecular weight is 279 g/mol. The number of rotatable bonds is 4. The summed E-state index contributed by atoms with van der Waals surface area (Å²) in [7, 11) is 0. The minimum Gasteiger partial charge on any atom is -0.374 e. The molecule has 106 valence electrons. The van der Waals surface area contributed by atoms with E-state index in [1.165, 1.54) is 0 Å². The Morgan fingerprint density at radius 2 is 1.86 bits per heavy atom. The van der Waals surface area contributed by atoms with Gasteiger partial charge in [-0.2, -0.15) is 5.26 Å². The highest BCUT2D eigenvalue weighted by atomic mass is 16.2. The van der Waals surface area contributed by atoms with Crippen LogP contribution in [0.1, 0.15) is 18.1 Å². The van der Waals surface area contributed by atoms with Gasteiger partial charge in [-0.1, -0.05) is 18.2 Å². The predicted octanol–water partition coefficient (Wildman–Crippen LogP) is 3.31. The third-order valence-corrected chi connectivity index (χ3v) is 3.05. The highest BCUT2D eigenvalue weighted by Crippen LogP contribution is 2.13. The minimum atomic E-state index is -0.377. The number of nitriles is 1. The molecule has 2 N–H and O–H groups in total. The molecule has 0 aliphatic rings. The molecule has 0 aliphatic carbocycles. The van der Waals surface area contributed by atoms with E-state index in [1.54, 1.807) is 31.2 Å². The summed E-state index contributed by atoms with van der Waals surface area (Å²) in [6, 6.07) is 16.4. The van der Waals surface area contributed by atoms with Crippen molar-refractivity contribution in [3.8, 4) is 6.07 Å². The van der Waals surface area contributed by atoms with Gasteiger partial charge >= 0.3 is 0 Å². The summed E-state index contributed by atoms with van der Waals surface area (Å²) in [6.45, 7) is 3.80. The second kappa shape index (κ2) is 6.58. The SMILES string of the molecule is Cc1cccc(N[C@@H](C)C(=O)Nc2cccc(C#N)c2)c1. The zero-order chi connectivity index (χ0) is 15.2. The number of hydrogen-bond donors (Lipinski definition) is 2. The second-order valence-electron chi connectivity index (χ2n) is 4.92. The van der Waals surface area contributed by atoms with Gasteiger partial charge in [0.15, 0.2) is 0 Å². The third-order valence-electron chi connectivity index (χ3n) is 3.05. The van der Waals surface area contributed by atoms with Gasteiger partial charge in [0.25, 0.3) is 0 Å². The summed E-state index contributed by atoms with van der Waals surface area (Å²) in [4.78, 5) is 12.1. The fourth-order valence-corrected chi connectivity index (χ4v) is 1.97. The van der Waals surface area contributed by atoms with Gasteiger partial charge in [0.05, 0.1) is 11.6 Å². The van der Waals surface area contributed by atoms with E-state index in [0.29, 0.717) is 11.3 Å². The maximum absolute atomic E-state index is 12.1. The van der Waals surface area contributed by atoms with Crippen LogP contribution in [0.3, 0.4) is 0 Å². The molecule has 21 heavy (non-hydrogen) atoms. The molecule has 0 radical (unpaired) electrons. The molecular weight excluding hydrogens is 262 g/mol. The molecule has 4 nitrogen and oxygen atoms in total. The molecule has 1 atom stereocenters. The fraction of sp³-hybridized carbons (Fsp3) is 0.176. The molecule has 2 aromatic carbocycles. The maximum atomic E-state index is 12.1. The number of hydrogen-bond acceptors (Lipinski definition) is 3. The van der Waals surface area contributed by atoms with Gasteiger partial charge in [-0.15, -0.1) is 0 Å². The van der Waals surface area contributed by atoms with Crippen LogP contribution in [0.25, 0.3) is 0 Å². The lowest BCUT2D eigenvalue weighted by molar-refractivity contribution is -0.116. The van der Waals surface area contributed by atoms with Crippen LogP contribution < -0.4 is 10.6 Å². The van der Waals surface area contributed by atoms with Gasteiger partial charge in [0.1, 0.15) is 6.04 Å². The van der Waals surface area contributed by atoms with Gasteiger partial charge in [0, 0.05) is 11.4 Å². The highest BCUT2D eigenvalue weighted by molar-refractivity contribution is 5.96. The molecule has 0 bridgehead atoms. The molecule has 0 aromatic heterocycles. The molecule has 0 fully saturated rings. The van der Waals surface area contributed by atoms with Crippen molar-refractivity contribution in [1.82, 2.24) is 0 Å². The first-order valence-corrected chi connectivity index (χ1v) is 6.73. The third kappa shape index (κ3) is 4.08. The number of benzene rings is 2. The monoisotopic (exact) mass is 279 g/mol. The number of anilines is 2. The maximum Gasteiger partial charge on any atom is 0.246 e. The zero-order valence-electron chi connectivity index (χ0n) is 12.1. The normalized spacial score (nSPS) is 11.3. The highest BCUT2D eigenvalue weighted by Gasteiger charge is 2.12. The summed E-state index contributed by atoms with van der Waals surface area (Å²) in [5.74, 6) is -0.147. The van der Waals surface area contributed by atoms with E-state index in [9.17, 15) is 4.79 Å². The Bertz CT molecular complexity index is 688. The fourth-order valence-electron chi connectivity index (χ4n) is 1.97. The first kappa shape index (κ1) is 14.6. The van der Waals surface area contributed by atoms with Gasteiger partial charge < -0.3 is 10.6 Å². The topological polar surface area (TPSA) is 64.9 Å². The molecule has 1 amide bonds. The number of amides is 1. The largest absolute Gasteiger partial charge is 0.374 e. The van der Waals surface area contributed by atoms with Crippen molar-refractivity contribution in [3.05, 3.63) is 59.7 Å². The number of nitrogens with one attached hydrogen (secondary N) is 2. The van der Waals surface area contributed by atoms with Gasteiger partial charge in [-0.05, 0) is 49.7 Å².